The van der Waals surface area contributed by atoms with E-state index in [9.17, 15) is 9.18 Å². The molecule has 1 aliphatic heterocycles. The Bertz CT molecular complexity index is 790. The number of rotatable bonds is 6. The molecular formula is C16H18FN4O3P. The summed E-state index contributed by atoms with van der Waals surface area (Å²) in [5, 5.41) is 0. The molecule has 0 aromatic carbocycles. The Hall–Kier alpha value is -2.34. The van der Waals surface area contributed by atoms with Crippen molar-refractivity contribution in [2.75, 3.05) is 18.6 Å². The van der Waals surface area contributed by atoms with E-state index >= 15 is 0 Å². The van der Waals surface area contributed by atoms with Gasteiger partial charge in [-0.25, -0.2) is 9.97 Å². The predicted molar refractivity (Wildman–Crippen MR) is 92.6 cm³/mol. The lowest BCUT2D eigenvalue weighted by Crippen LogP contribution is -2.23. The number of ether oxygens (including phenoxy) is 2. The maximum absolute atomic E-state index is 13.1. The number of carbonyl (C=O) groups is 1. The summed E-state index contributed by atoms with van der Waals surface area (Å²) in [6, 6.07) is 1.85. The highest BCUT2D eigenvalue weighted by Gasteiger charge is 2.31. The van der Waals surface area contributed by atoms with Crippen molar-refractivity contribution in [2.24, 2.45) is 0 Å². The summed E-state index contributed by atoms with van der Waals surface area (Å²) in [6.07, 6.45) is 2.28. The molecule has 0 N–H and O–H groups in total. The smallest absolute Gasteiger partial charge is 0.251 e. The number of pyridine rings is 1. The standard InChI is InChI=1S/C16H18FN4O3P/c1-9-12(19-8-20-15(9)24-16(17)25)6-21-5-10(7-22)14-13(21)3-11(23-2)4-18-14/h3-4,7-8,10,16H,5-6,25H2,1-2H3/t10-,16?/m0/s1. The predicted octanol–water partition coefficient (Wildman–Crippen LogP) is 2.00. The fraction of sp³-hybridized carbons (Fsp3) is 0.375. The van der Waals surface area contributed by atoms with E-state index in [4.69, 9.17) is 9.47 Å². The van der Waals surface area contributed by atoms with Crippen molar-refractivity contribution in [1.29, 1.82) is 0 Å². The third-order valence-corrected chi connectivity index (χ3v) is 4.22. The van der Waals surface area contributed by atoms with Crippen LogP contribution in [-0.4, -0.2) is 41.0 Å². The number of aromatic nitrogens is 3. The molecule has 0 saturated heterocycles. The van der Waals surface area contributed by atoms with Crippen molar-refractivity contribution in [3.8, 4) is 11.6 Å². The fourth-order valence-electron chi connectivity index (χ4n) is 2.81. The molecule has 0 aliphatic carbocycles. The molecule has 0 saturated carbocycles. The van der Waals surface area contributed by atoms with Crippen LogP contribution in [-0.2, 0) is 11.3 Å². The van der Waals surface area contributed by atoms with Crippen LogP contribution >= 0.6 is 9.24 Å². The van der Waals surface area contributed by atoms with Gasteiger partial charge in [0.1, 0.15) is 18.4 Å². The third-order valence-electron chi connectivity index (χ3n) is 4.09. The zero-order valence-corrected chi connectivity index (χ0v) is 15.0. The summed E-state index contributed by atoms with van der Waals surface area (Å²) in [7, 11) is 3.48. The molecule has 2 aromatic heterocycles. The first-order valence-corrected chi connectivity index (χ1v) is 8.31. The van der Waals surface area contributed by atoms with E-state index in [0.29, 0.717) is 35.8 Å². The minimum atomic E-state index is -1.54. The number of carbonyl (C=O) groups excluding carboxylic acids is 1. The molecule has 9 heteroatoms. The Kier molecular flexibility index (Phi) is 5.08. The van der Waals surface area contributed by atoms with Crippen LogP contribution in [0.5, 0.6) is 11.6 Å². The molecule has 7 nitrogen and oxygen atoms in total. The van der Waals surface area contributed by atoms with E-state index in [2.05, 4.69) is 15.0 Å². The van der Waals surface area contributed by atoms with E-state index in [0.717, 1.165) is 12.0 Å². The SMILES string of the molecule is COc1cnc2c(c1)N(Cc1ncnc(OC(F)P)c1C)C[C@H]2C=O. The fourth-order valence-corrected chi connectivity index (χ4v) is 2.94. The van der Waals surface area contributed by atoms with Crippen molar-refractivity contribution in [2.45, 2.75) is 25.5 Å². The lowest BCUT2D eigenvalue weighted by atomic mass is 10.1. The average Bonchev–Trinajstić information content (AvgIpc) is 2.95. The number of alkyl halides is 1. The number of hydrogen-bond acceptors (Lipinski definition) is 7. The van der Waals surface area contributed by atoms with Crippen molar-refractivity contribution >= 4 is 21.2 Å². The van der Waals surface area contributed by atoms with Gasteiger partial charge in [-0.2, -0.15) is 4.39 Å². The second-order valence-corrected chi connectivity index (χ2v) is 6.15. The summed E-state index contributed by atoms with van der Waals surface area (Å²) in [6.45, 7) is 2.69. The summed E-state index contributed by atoms with van der Waals surface area (Å²) >= 11 is 0. The number of nitrogens with zero attached hydrogens (tertiary/aromatic N) is 4. The van der Waals surface area contributed by atoms with Crippen LogP contribution in [0.25, 0.3) is 0 Å². The van der Waals surface area contributed by atoms with Gasteiger partial charge in [-0.1, -0.05) is 9.24 Å². The van der Waals surface area contributed by atoms with Crippen molar-refractivity contribution < 1.29 is 18.7 Å². The molecule has 0 spiro atoms. The topological polar surface area (TPSA) is 77.4 Å². The minimum absolute atomic E-state index is 0.197. The highest BCUT2D eigenvalue weighted by Crippen LogP contribution is 2.37. The van der Waals surface area contributed by atoms with Crippen LogP contribution < -0.4 is 14.4 Å². The molecule has 132 valence electrons. The molecule has 0 amide bonds. The van der Waals surface area contributed by atoms with E-state index in [1.54, 1.807) is 20.2 Å². The van der Waals surface area contributed by atoms with Gasteiger partial charge in [0.05, 0.1) is 42.8 Å². The average molecular weight is 364 g/mol. The zero-order valence-electron chi connectivity index (χ0n) is 13.8. The number of anilines is 1. The molecule has 0 radical (unpaired) electrons. The maximum atomic E-state index is 13.1. The van der Waals surface area contributed by atoms with Crippen LogP contribution in [0.3, 0.4) is 0 Å². The Morgan fingerprint density at radius 2 is 2.28 bits per heavy atom. The highest BCUT2D eigenvalue weighted by atomic mass is 31.0. The van der Waals surface area contributed by atoms with Gasteiger partial charge in [-0.3, -0.25) is 4.98 Å². The maximum Gasteiger partial charge on any atom is 0.251 e. The van der Waals surface area contributed by atoms with E-state index < -0.39 is 6.10 Å². The number of aldehydes is 1. The quantitative estimate of drug-likeness (QED) is 0.573. The molecule has 1 aliphatic rings. The number of hydrogen-bond donors (Lipinski definition) is 0. The van der Waals surface area contributed by atoms with Crippen molar-refractivity contribution in [3.63, 3.8) is 0 Å². The van der Waals surface area contributed by atoms with Crippen molar-refractivity contribution in [1.82, 2.24) is 15.0 Å². The molecule has 3 heterocycles. The molecule has 0 bridgehead atoms. The summed E-state index contributed by atoms with van der Waals surface area (Å²) in [5.41, 5.74) is 2.88. The molecule has 2 unspecified atom stereocenters. The Balaban J connectivity index is 1.91. The first-order chi connectivity index (χ1) is 12.0. The van der Waals surface area contributed by atoms with Gasteiger partial charge >= 0.3 is 0 Å². The Morgan fingerprint density at radius 1 is 1.48 bits per heavy atom. The van der Waals surface area contributed by atoms with Gasteiger partial charge in [-0.15, -0.1) is 0 Å². The van der Waals surface area contributed by atoms with E-state index in [1.807, 2.05) is 20.2 Å². The lowest BCUT2D eigenvalue weighted by molar-refractivity contribution is -0.108. The van der Waals surface area contributed by atoms with Crippen molar-refractivity contribution in [3.05, 3.63) is 35.5 Å². The molecular weight excluding hydrogens is 346 g/mol. The summed E-state index contributed by atoms with van der Waals surface area (Å²) < 4.78 is 23.4. The van der Waals surface area contributed by atoms with Crippen LogP contribution in [0.4, 0.5) is 10.1 Å². The summed E-state index contributed by atoms with van der Waals surface area (Å²) in [4.78, 5) is 26.0. The van der Waals surface area contributed by atoms with Gasteiger partial charge in [-0.05, 0) is 6.92 Å². The van der Waals surface area contributed by atoms with Crippen LogP contribution in [0.15, 0.2) is 18.6 Å². The lowest BCUT2D eigenvalue weighted by Gasteiger charge is -2.20. The first-order valence-electron chi connectivity index (χ1n) is 7.64. The molecule has 0 fully saturated rings. The molecule has 3 atom stereocenters. The second kappa shape index (κ2) is 7.27. The largest absolute Gasteiger partial charge is 0.495 e. The van der Waals surface area contributed by atoms with Gasteiger partial charge in [0.15, 0.2) is 0 Å². The van der Waals surface area contributed by atoms with Gasteiger partial charge < -0.3 is 19.2 Å². The third kappa shape index (κ3) is 3.54. The normalized spacial score (nSPS) is 17.1. The van der Waals surface area contributed by atoms with Crippen LogP contribution in [0.1, 0.15) is 22.9 Å². The number of fused-ring (bicyclic) bond motifs is 1. The number of halogens is 1. The van der Waals surface area contributed by atoms with E-state index in [1.165, 1.54) is 6.33 Å². The highest BCUT2D eigenvalue weighted by molar-refractivity contribution is 7.16. The van der Waals surface area contributed by atoms with Crippen LogP contribution in [0, 0.1) is 6.92 Å². The minimum Gasteiger partial charge on any atom is -0.495 e. The summed E-state index contributed by atoms with van der Waals surface area (Å²) in [5.74, 6) is 0.505. The second-order valence-electron chi connectivity index (χ2n) is 5.62. The van der Waals surface area contributed by atoms with Crippen LogP contribution in [0.2, 0.25) is 0 Å². The molecule has 3 rings (SSSR count). The Morgan fingerprint density at radius 3 is 2.96 bits per heavy atom. The molecule has 25 heavy (non-hydrogen) atoms. The first kappa shape index (κ1) is 17.5. The Labute approximate surface area is 146 Å². The van der Waals surface area contributed by atoms with Gasteiger partial charge in [0, 0.05) is 18.2 Å². The van der Waals surface area contributed by atoms with Gasteiger partial charge in [0.25, 0.3) is 6.10 Å². The number of methoxy groups -OCH3 is 1. The van der Waals surface area contributed by atoms with E-state index in [-0.39, 0.29) is 11.8 Å². The van der Waals surface area contributed by atoms with Gasteiger partial charge in [0.2, 0.25) is 5.88 Å². The zero-order chi connectivity index (χ0) is 18.0. The molecule has 2 aromatic rings. The monoisotopic (exact) mass is 364 g/mol.